The molecule has 134 valence electrons. The number of cyclic esters (lactones) is 1. The van der Waals surface area contributed by atoms with E-state index in [4.69, 9.17) is 9.47 Å². The average Bonchev–Trinajstić information content (AvgIpc) is 2.97. The Kier molecular flexibility index (Phi) is 5.32. The first-order valence-electron chi connectivity index (χ1n) is 7.37. The van der Waals surface area contributed by atoms with E-state index in [0.29, 0.717) is 11.1 Å². The minimum atomic E-state index is -2.96. The van der Waals surface area contributed by atoms with Crippen LogP contribution in [0, 0.1) is 0 Å². The van der Waals surface area contributed by atoms with Crippen molar-refractivity contribution in [2.24, 2.45) is 4.99 Å². The fourth-order valence-corrected chi connectivity index (χ4v) is 2.51. The quantitative estimate of drug-likeness (QED) is 0.528. The van der Waals surface area contributed by atoms with Crippen molar-refractivity contribution >= 4 is 33.9 Å². The van der Waals surface area contributed by atoms with E-state index in [1.807, 2.05) is 0 Å². The number of carbonyl (C=O) groups excluding carboxylic acids is 1. The third kappa shape index (κ3) is 4.08. The predicted molar refractivity (Wildman–Crippen MR) is 94.4 cm³/mol. The van der Waals surface area contributed by atoms with E-state index < -0.39 is 12.6 Å². The molecule has 0 atom stereocenters. The third-order valence-corrected chi connectivity index (χ3v) is 3.95. The molecule has 3 rings (SSSR count). The first kappa shape index (κ1) is 18.1. The minimum Gasteiger partial charge on any atom is -0.493 e. The van der Waals surface area contributed by atoms with Gasteiger partial charge in [-0.05, 0) is 48.0 Å². The Morgan fingerprint density at radius 2 is 1.88 bits per heavy atom. The van der Waals surface area contributed by atoms with Crippen molar-refractivity contribution in [1.29, 1.82) is 0 Å². The lowest BCUT2D eigenvalue weighted by Gasteiger charge is -2.10. The number of halogens is 3. The van der Waals surface area contributed by atoms with Crippen molar-refractivity contribution in [3.05, 3.63) is 63.8 Å². The minimum absolute atomic E-state index is 0.0903. The number of esters is 1. The molecular formula is C18H12BrF2NO4. The fraction of sp³-hybridized carbons (Fsp3) is 0.111. The fourth-order valence-electron chi connectivity index (χ4n) is 2.25. The number of nitrogens with zero attached hydrogens (tertiary/aromatic N) is 1. The summed E-state index contributed by atoms with van der Waals surface area (Å²) < 4.78 is 40.2. The summed E-state index contributed by atoms with van der Waals surface area (Å²) in [5.41, 5.74) is 1.27. The van der Waals surface area contributed by atoms with Gasteiger partial charge in [0.2, 0.25) is 5.90 Å². The van der Waals surface area contributed by atoms with Crippen LogP contribution >= 0.6 is 15.9 Å². The molecule has 0 spiro atoms. The summed E-state index contributed by atoms with van der Waals surface area (Å²) >= 11 is 3.33. The molecule has 2 aromatic carbocycles. The van der Waals surface area contributed by atoms with E-state index >= 15 is 0 Å². The van der Waals surface area contributed by atoms with Crippen LogP contribution in [0.25, 0.3) is 6.08 Å². The molecule has 0 N–H and O–H groups in total. The van der Waals surface area contributed by atoms with E-state index in [9.17, 15) is 13.6 Å². The normalized spacial score (nSPS) is 15.2. The van der Waals surface area contributed by atoms with Crippen molar-refractivity contribution in [2.45, 2.75) is 6.61 Å². The van der Waals surface area contributed by atoms with Gasteiger partial charge in [0.15, 0.2) is 17.2 Å². The van der Waals surface area contributed by atoms with E-state index in [-0.39, 0.29) is 23.1 Å². The van der Waals surface area contributed by atoms with E-state index in [1.165, 1.54) is 31.4 Å². The van der Waals surface area contributed by atoms with Gasteiger partial charge in [-0.2, -0.15) is 8.78 Å². The first-order valence-corrected chi connectivity index (χ1v) is 8.17. The molecule has 0 unspecified atom stereocenters. The zero-order valence-electron chi connectivity index (χ0n) is 13.4. The molecule has 0 aromatic heterocycles. The van der Waals surface area contributed by atoms with Crippen LogP contribution in [0.5, 0.6) is 11.5 Å². The monoisotopic (exact) mass is 423 g/mol. The van der Waals surface area contributed by atoms with Gasteiger partial charge in [0, 0.05) is 10.0 Å². The molecule has 26 heavy (non-hydrogen) atoms. The molecule has 5 nitrogen and oxygen atoms in total. The highest BCUT2D eigenvalue weighted by atomic mass is 79.9. The number of hydrogen-bond donors (Lipinski definition) is 0. The zero-order valence-corrected chi connectivity index (χ0v) is 15.0. The van der Waals surface area contributed by atoms with Gasteiger partial charge >= 0.3 is 12.6 Å². The van der Waals surface area contributed by atoms with E-state index in [1.54, 1.807) is 24.3 Å². The molecule has 0 fully saturated rings. The van der Waals surface area contributed by atoms with Crippen LogP contribution < -0.4 is 9.47 Å². The van der Waals surface area contributed by atoms with Gasteiger partial charge in [-0.1, -0.05) is 22.0 Å². The van der Waals surface area contributed by atoms with Crippen LogP contribution in [0.15, 0.2) is 57.6 Å². The summed E-state index contributed by atoms with van der Waals surface area (Å²) in [5, 5.41) is 0. The highest BCUT2D eigenvalue weighted by molar-refractivity contribution is 9.10. The van der Waals surface area contributed by atoms with Gasteiger partial charge in [-0.15, -0.1) is 0 Å². The van der Waals surface area contributed by atoms with Gasteiger partial charge in [-0.25, -0.2) is 9.79 Å². The maximum atomic E-state index is 12.4. The molecule has 1 aliphatic rings. The van der Waals surface area contributed by atoms with Crippen LogP contribution in [0.3, 0.4) is 0 Å². The number of carbonyl (C=O) groups is 1. The molecule has 0 saturated heterocycles. The number of aliphatic imine (C=N–C) groups is 1. The average molecular weight is 424 g/mol. The maximum absolute atomic E-state index is 12.4. The Labute approximate surface area is 156 Å². The summed E-state index contributed by atoms with van der Waals surface area (Å²) in [7, 11) is 1.33. The van der Waals surface area contributed by atoms with Crippen LogP contribution in [-0.4, -0.2) is 25.6 Å². The van der Waals surface area contributed by atoms with Gasteiger partial charge in [0.1, 0.15) is 0 Å². The smallest absolute Gasteiger partial charge is 0.387 e. The molecule has 0 aliphatic carbocycles. The molecule has 1 aliphatic heterocycles. The third-order valence-electron chi connectivity index (χ3n) is 3.42. The molecule has 2 aromatic rings. The first-order chi connectivity index (χ1) is 12.5. The second-order valence-electron chi connectivity index (χ2n) is 5.13. The topological polar surface area (TPSA) is 57.1 Å². The number of alkyl halides is 2. The SMILES string of the molecule is COc1cc(C=C2N=C(c3ccc(Br)cc3)OC2=O)ccc1OC(F)F. The predicted octanol–water partition coefficient (Wildman–Crippen LogP) is 4.40. The highest BCUT2D eigenvalue weighted by Gasteiger charge is 2.24. The van der Waals surface area contributed by atoms with Gasteiger partial charge in [0.05, 0.1) is 7.11 Å². The summed E-state index contributed by atoms with van der Waals surface area (Å²) in [6, 6.07) is 11.4. The van der Waals surface area contributed by atoms with Crippen molar-refractivity contribution in [1.82, 2.24) is 0 Å². The lowest BCUT2D eigenvalue weighted by molar-refractivity contribution is -0.129. The number of benzene rings is 2. The van der Waals surface area contributed by atoms with Crippen molar-refractivity contribution in [2.75, 3.05) is 7.11 Å². The van der Waals surface area contributed by atoms with Crippen LogP contribution in [-0.2, 0) is 9.53 Å². The van der Waals surface area contributed by atoms with Crippen molar-refractivity contribution < 1.29 is 27.8 Å². The largest absolute Gasteiger partial charge is 0.493 e. The van der Waals surface area contributed by atoms with Gasteiger partial charge in [-0.3, -0.25) is 0 Å². The summed E-state index contributed by atoms with van der Waals surface area (Å²) in [6.45, 7) is -2.96. The van der Waals surface area contributed by atoms with Crippen molar-refractivity contribution in [3.8, 4) is 11.5 Å². The number of ether oxygens (including phenoxy) is 3. The van der Waals surface area contributed by atoms with Crippen LogP contribution in [0.1, 0.15) is 11.1 Å². The molecular weight excluding hydrogens is 412 g/mol. The molecule has 0 bridgehead atoms. The summed E-state index contributed by atoms with van der Waals surface area (Å²) in [6.07, 6.45) is 1.48. The molecule has 0 saturated carbocycles. The second-order valence-corrected chi connectivity index (χ2v) is 6.05. The van der Waals surface area contributed by atoms with E-state index in [0.717, 1.165) is 4.47 Å². The summed E-state index contributed by atoms with van der Waals surface area (Å²) in [4.78, 5) is 16.2. The van der Waals surface area contributed by atoms with Gasteiger partial charge < -0.3 is 14.2 Å². The molecule has 0 amide bonds. The Morgan fingerprint density at radius 1 is 1.15 bits per heavy atom. The zero-order chi connectivity index (χ0) is 18.7. The molecule has 0 radical (unpaired) electrons. The number of rotatable bonds is 5. The Morgan fingerprint density at radius 3 is 2.54 bits per heavy atom. The summed E-state index contributed by atoms with van der Waals surface area (Å²) in [5.74, 6) is -0.394. The van der Waals surface area contributed by atoms with Crippen molar-refractivity contribution in [3.63, 3.8) is 0 Å². The standard InChI is InChI=1S/C18H12BrF2NO4/c1-24-15-9-10(2-7-14(15)25-18(20)21)8-13-17(23)26-16(22-13)11-3-5-12(19)6-4-11/h2-9,18H,1H3. The maximum Gasteiger partial charge on any atom is 0.387 e. The molecule has 1 heterocycles. The lowest BCUT2D eigenvalue weighted by Crippen LogP contribution is -2.05. The van der Waals surface area contributed by atoms with E-state index in [2.05, 4.69) is 25.7 Å². The molecule has 8 heteroatoms. The number of methoxy groups -OCH3 is 1. The highest BCUT2D eigenvalue weighted by Crippen LogP contribution is 2.31. The lowest BCUT2D eigenvalue weighted by atomic mass is 10.1. The van der Waals surface area contributed by atoms with Crippen LogP contribution in [0.4, 0.5) is 8.78 Å². The Bertz CT molecular complexity index is 895. The Balaban J connectivity index is 1.89. The number of hydrogen-bond acceptors (Lipinski definition) is 5. The van der Waals surface area contributed by atoms with Crippen LogP contribution in [0.2, 0.25) is 0 Å². The van der Waals surface area contributed by atoms with Gasteiger partial charge in [0.25, 0.3) is 0 Å². The Hall–Kier alpha value is -2.74. The second kappa shape index (κ2) is 7.65.